The van der Waals surface area contributed by atoms with Crippen LogP contribution < -0.4 is 4.72 Å². The Kier molecular flexibility index (Phi) is 6.72. The summed E-state index contributed by atoms with van der Waals surface area (Å²) in [6, 6.07) is 9.95. The van der Waals surface area contributed by atoms with Crippen molar-refractivity contribution < 1.29 is 26.7 Å². The summed E-state index contributed by atoms with van der Waals surface area (Å²) in [4.78, 5) is 13.8. The number of likely N-dealkylation sites (tertiary alicyclic amines) is 1. The molecule has 0 unspecified atom stereocenters. The molecule has 1 fully saturated rings. The lowest BCUT2D eigenvalue weighted by Crippen LogP contribution is -2.57. The molecule has 0 aromatic heterocycles. The normalized spacial score (nSPS) is 19.5. The zero-order chi connectivity index (χ0) is 21.9. The highest BCUT2D eigenvalue weighted by Gasteiger charge is 2.36. The molecule has 2 aromatic carbocycles. The molecule has 0 aliphatic carbocycles. The minimum Gasteiger partial charge on any atom is -0.453 e. The van der Waals surface area contributed by atoms with E-state index in [1.54, 1.807) is 18.2 Å². The first-order valence-corrected chi connectivity index (χ1v) is 11.4. The molecule has 1 heterocycles. The number of halogens is 2. The molecule has 0 radical (unpaired) electrons. The summed E-state index contributed by atoms with van der Waals surface area (Å²) in [5.41, 5.74) is 1.39. The van der Waals surface area contributed by atoms with Crippen molar-refractivity contribution in [1.82, 2.24) is 9.62 Å². The monoisotopic (exact) mass is 438 g/mol. The Morgan fingerprint density at radius 1 is 1.23 bits per heavy atom. The molecule has 0 bridgehead atoms. The van der Waals surface area contributed by atoms with Crippen LogP contribution in [0.2, 0.25) is 0 Å². The van der Waals surface area contributed by atoms with Crippen LogP contribution in [0, 0.1) is 11.6 Å². The van der Waals surface area contributed by atoms with Crippen LogP contribution in [0.5, 0.6) is 0 Å². The Bertz CT molecular complexity index is 1030. The number of nitrogens with one attached hydrogen (secondary N) is 1. The maximum atomic E-state index is 14.2. The molecule has 1 saturated heterocycles. The number of amides is 1. The summed E-state index contributed by atoms with van der Waals surface area (Å²) in [7, 11) is -2.21. The van der Waals surface area contributed by atoms with Gasteiger partial charge in [-0.3, -0.25) is 0 Å². The Labute approximate surface area is 174 Å². The fourth-order valence-corrected chi connectivity index (χ4v) is 4.72. The average molecular weight is 438 g/mol. The van der Waals surface area contributed by atoms with Gasteiger partial charge in [-0.25, -0.2) is 26.7 Å². The standard InChI is InChI=1S/C21H24F2N2O4S/c1-29-21(26)25-11-5-10-18(24-30(2,27)28)19(25)13-14-6-3-7-15(12-14)16-8-4-9-17(22)20(16)23/h3-4,6-9,12,18-19,24H,5,10-11,13H2,1-2H3/t18-,19-/m1/s1. The van der Waals surface area contributed by atoms with Gasteiger partial charge in [0.05, 0.1) is 19.4 Å². The first-order valence-electron chi connectivity index (χ1n) is 9.55. The fourth-order valence-electron chi connectivity index (χ4n) is 3.90. The molecule has 1 aliphatic heterocycles. The van der Waals surface area contributed by atoms with E-state index in [0.717, 1.165) is 17.9 Å². The van der Waals surface area contributed by atoms with Crippen molar-refractivity contribution in [3.63, 3.8) is 0 Å². The van der Waals surface area contributed by atoms with Crippen LogP contribution >= 0.6 is 0 Å². The molecule has 30 heavy (non-hydrogen) atoms. The summed E-state index contributed by atoms with van der Waals surface area (Å²) < 4.78 is 59.0. The van der Waals surface area contributed by atoms with Crippen molar-refractivity contribution in [2.75, 3.05) is 19.9 Å². The molecule has 2 aromatic rings. The minimum absolute atomic E-state index is 0.135. The van der Waals surface area contributed by atoms with Gasteiger partial charge in [-0.15, -0.1) is 0 Å². The van der Waals surface area contributed by atoms with Gasteiger partial charge in [-0.1, -0.05) is 36.4 Å². The van der Waals surface area contributed by atoms with Crippen LogP contribution in [0.25, 0.3) is 11.1 Å². The molecule has 6 nitrogen and oxygen atoms in total. The van der Waals surface area contributed by atoms with Crippen molar-refractivity contribution in [2.24, 2.45) is 0 Å². The molecule has 162 valence electrons. The van der Waals surface area contributed by atoms with E-state index in [4.69, 9.17) is 4.74 Å². The van der Waals surface area contributed by atoms with E-state index in [1.807, 2.05) is 6.07 Å². The SMILES string of the molecule is COC(=O)N1CCC[C@@H](NS(C)(=O)=O)[C@H]1Cc1cccc(-c2cccc(F)c2F)c1. The summed E-state index contributed by atoms with van der Waals surface area (Å²) >= 11 is 0. The smallest absolute Gasteiger partial charge is 0.409 e. The third-order valence-corrected chi connectivity index (χ3v) is 5.92. The lowest BCUT2D eigenvalue weighted by molar-refractivity contribution is 0.0792. The number of carbonyl (C=O) groups is 1. The molecule has 1 N–H and O–H groups in total. The molecule has 1 amide bonds. The third-order valence-electron chi connectivity index (χ3n) is 5.19. The molecule has 2 atom stereocenters. The predicted octanol–water partition coefficient (Wildman–Crippen LogP) is 3.32. The highest BCUT2D eigenvalue weighted by molar-refractivity contribution is 7.88. The van der Waals surface area contributed by atoms with Gasteiger partial charge in [0.1, 0.15) is 0 Å². The van der Waals surface area contributed by atoms with Gasteiger partial charge in [-0.05, 0) is 36.5 Å². The molecule has 3 rings (SSSR count). The molecule has 0 spiro atoms. The van der Waals surface area contributed by atoms with Crippen LogP contribution in [0.1, 0.15) is 18.4 Å². The van der Waals surface area contributed by atoms with Crippen molar-refractivity contribution >= 4 is 16.1 Å². The van der Waals surface area contributed by atoms with Crippen molar-refractivity contribution in [3.05, 3.63) is 59.7 Å². The van der Waals surface area contributed by atoms with Crippen LogP contribution in [-0.4, -0.2) is 51.4 Å². The summed E-state index contributed by atoms with van der Waals surface area (Å²) in [6.45, 7) is 0.442. The number of hydrogen-bond donors (Lipinski definition) is 1. The van der Waals surface area contributed by atoms with Gasteiger partial charge in [0.2, 0.25) is 10.0 Å². The van der Waals surface area contributed by atoms with Crippen LogP contribution in [-0.2, 0) is 21.2 Å². The van der Waals surface area contributed by atoms with Gasteiger partial charge < -0.3 is 9.64 Å². The third kappa shape index (κ3) is 5.14. The number of ether oxygens (including phenoxy) is 1. The minimum atomic E-state index is -3.49. The number of nitrogens with zero attached hydrogens (tertiary/aromatic N) is 1. The summed E-state index contributed by atoms with van der Waals surface area (Å²) in [5.74, 6) is -1.86. The second-order valence-electron chi connectivity index (χ2n) is 7.38. The largest absolute Gasteiger partial charge is 0.453 e. The van der Waals surface area contributed by atoms with E-state index < -0.39 is 39.8 Å². The number of piperidine rings is 1. The van der Waals surface area contributed by atoms with Gasteiger partial charge in [0, 0.05) is 18.2 Å². The molecule has 0 saturated carbocycles. The van der Waals surface area contributed by atoms with E-state index >= 15 is 0 Å². The maximum Gasteiger partial charge on any atom is 0.409 e. The van der Waals surface area contributed by atoms with E-state index in [2.05, 4.69) is 4.72 Å². The second kappa shape index (κ2) is 9.09. The Balaban J connectivity index is 1.93. The molecule has 1 aliphatic rings. The van der Waals surface area contributed by atoms with Gasteiger partial charge >= 0.3 is 6.09 Å². The number of rotatable bonds is 5. The number of sulfonamides is 1. The van der Waals surface area contributed by atoms with Crippen LogP contribution in [0.3, 0.4) is 0 Å². The zero-order valence-corrected chi connectivity index (χ0v) is 17.6. The van der Waals surface area contributed by atoms with E-state index in [9.17, 15) is 22.0 Å². The maximum absolute atomic E-state index is 14.2. The van der Waals surface area contributed by atoms with E-state index in [-0.39, 0.29) is 5.56 Å². The highest BCUT2D eigenvalue weighted by Crippen LogP contribution is 2.28. The lowest BCUT2D eigenvalue weighted by Gasteiger charge is -2.40. The first-order chi connectivity index (χ1) is 14.2. The summed E-state index contributed by atoms with van der Waals surface area (Å²) in [6.07, 6.45) is 2.07. The Hall–Kier alpha value is -2.52. The fraction of sp³-hybridized carbons (Fsp3) is 0.381. The van der Waals surface area contributed by atoms with E-state index in [0.29, 0.717) is 31.4 Å². The van der Waals surface area contributed by atoms with Gasteiger partial charge in [-0.2, -0.15) is 0 Å². The zero-order valence-electron chi connectivity index (χ0n) is 16.8. The topological polar surface area (TPSA) is 75.7 Å². The van der Waals surface area contributed by atoms with Gasteiger partial charge in [0.25, 0.3) is 0 Å². The summed E-state index contributed by atoms with van der Waals surface area (Å²) in [5, 5.41) is 0. The first kappa shape index (κ1) is 22.2. The quantitative estimate of drug-likeness (QED) is 0.777. The van der Waals surface area contributed by atoms with Crippen LogP contribution in [0.4, 0.5) is 13.6 Å². The van der Waals surface area contributed by atoms with Gasteiger partial charge in [0.15, 0.2) is 11.6 Å². The highest BCUT2D eigenvalue weighted by atomic mass is 32.2. The second-order valence-corrected chi connectivity index (χ2v) is 9.16. The number of methoxy groups -OCH3 is 1. The van der Waals surface area contributed by atoms with Crippen molar-refractivity contribution in [1.29, 1.82) is 0 Å². The predicted molar refractivity (Wildman–Crippen MR) is 109 cm³/mol. The number of hydrogen-bond acceptors (Lipinski definition) is 4. The molecular formula is C21H24F2N2O4S. The Morgan fingerprint density at radius 2 is 1.97 bits per heavy atom. The lowest BCUT2D eigenvalue weighted by atomic mass is 9.90. The van der Waals surface area contributed by atoms with Crippen molar-refractivity contribution in [2.45, 2.75) is 31.3 Å². The van der Waals surface area contributed by atoms with Crippen LogP contribution in [0.15, 0.2) is 42.5 Å². The van der Waals surface area contributed by atoms with E-state index in [1.165, 1.54) is 24.1 Å². The molecular weight excluding hydrogens is 414 g/mol. The number of carbonyl (C=O) groups excluding carboxylic acids is 1. The number of benzene rings is 2. The molecule has 9 heteroatoms. The average Bonchev–Trinajstić information content (AvgIpc) is 2.70. The Morgan fingerprint density at radius 3 is 2.67 bits per heavy atom. The van der Waals surface area contributed by atoms with Crippen molar-refractivity contribution in [3.8, 4) is 11.1 Å².